The Labute approximate surface area is 113 Å². The van der Waals surface area contributed by atoms with E-state index in [4.69, 9.17) is 0 Å². The van der Waals surface area contributed by atoms with Gasteiger partial charge in [0.25, 0.3) is 5.56 Å². The Morgan fingerprint density at radius 3 is 3.05 bits per heavy atom. The lowest BCUT2D eigenvalue weighted by atomic mass is 10.3. The third-order valence-corrected chi connectivity index (χ3v) is 3.64. The van der Waals surface area contributed by atoms with E-state index in [1.807, 2.05) is 18.2 Å². The zero-order valence-electron chi connectivity index (χ0n) is 10.4. The molecule has 0 spiro atoms. The van der Waals surface area contributed by atoms with Crippen molar-refractivity contribution in [2.45, 2.75) is 19.8 Å². The van der Waals surface area contributed by atoms with Crippen LogP contribution in [0.25, 0.3) is 11.0 Å². The lowest BCUT2D eigenvalue weighted by Gasteiger charge is -1.87. The second-order valence-corrected chi connectivity index (χ2v) is 5.18. The molecular formula is C13H12N4OS. The lowest BCUT2D eigenvalue weighted by Crippen LogP contribution is -2.23. The van der Waals surface area contributed by atoms with Crippen LogP contribution in [-0.4, -0.2) is 19.6 Å². The number of aromatic nitrogens is 4. The average molecular weight is 272 g/mol. The van der Waals surface area contributed by atoms with Crippen molar-refractivity contribution in [1.29, 1.82) is 0 Å². The fourth-order valence-corrected chi connectivity index (χ4v) is 2.74. The van der Waals surface area contributed by atoms with Gasteiger partial charge < -0.3 is 0 Å². The van der Waals surface area contributed by atoms with Gasteiger partial charge in [-0.05, 0) is 24.1 Å². The molecule has 0 aromatic carbocycles. The Bertz CT molecular complexity index is 806. The maximum absolute atomic E-state index is 12.2. The van der Waals surface area contributed by atoms with Crippen LogP contribution in [0.4, 0.5) is 0 Å². The first-order valence-electron chi connectivity index (χ1n) is 6.08. The topological polar surface area (TPSA) is 60.2 Å². The van der Waals surface area contributed by atoms with E-state index in [2.05, 4.69) is 22.0 Å². The molecule has 0 bridgehead atoms. The number of hydrogen-bond donors (Lipinski definition) is 0. The summed E-state index contributed by atoms with van der Waals surface area (Å²) in [5.41, 5.74) is 0.789. The average Bonchev–Trinajstić information content (AvgIpc) is 2.92. The molecule has 5 nitrogen and oxygen atoms in total. The van der Waals surface area contributed by atoms with Crippen LogP contribution in [0.15, 0.2) is 29.3 Å². The van der Waals surface area contributed by atoms with Gasteiger partial charge in [-0.1, -0.05) is 24.3 Å². The van der Waals surface area contributed by atoms with Crippen molar-refractivity contribution in [1.82, 2.24) is 19.6 Å². The van der Waals surface area contributed by atoms with E-state index < -0.39 is 0 Å². The summed E-state index contributed by atoms with van der Waals surface area (Å²) in [5.74, 6) is 0.735. The first kappa shape index (κ1) is 12.0. The number of aryl methyl sites for hydroxylation is 1. The van der Waals surface area contributed by atoms with Crippen molar-refractivity contribution in [3.05, 3.63) is 50.8 Å². The van der Waals surface area contributed by atoms with Crippen molar-refractivity contribution in [3.63, 3.8) is 0 Å². The van der Waals surface area contributed by atoms with Crippen LogP contribution >= 0.6 is 11.3 Å². The maximum Gasteiger partial charge on any atom is 0.291 e. The van der Waals surface area contributed by atoms with Crippen LogP contribution in [0, 0.1) is 0 Å². The Kier molecular flexibility index (Phi) is 3.08. The number of fused-ring (bicyclic) bond motifs is 1. The molecule has 3 aromatic rings. The number of pyridine rings is 1. The SMILES string of the molecule is CCCc1nc2s/c(=C\c3cccnc3)c(=O)n2n1. The molecule has 0 fully saturated rings. The number of thiazole rings is 1. The van der Waals surface area contributed by atoms with Crippen molar-refractivity contribution < 1.29 is 0 Å². The summed E-state index contributed by atoms with van der Waals surface area (Å²) in [7, 11) is 0. The highest BCUT2D eigenvalue weighted by atomic mass is 32.1. The van der Waals surface area contributed by atoms with Crippen LogP contribution in [0.2, 0.25) is 0 Å². The molecule has 0 N–H and O–H groups in total. The van der Waals surface area contributed by atoms with Gasteiger partial charge in [-0.25, -0.2) is 4.98 Å². The van der Waals surface area contributed by atoms with E-state index in [1.165, 1.54) is 15.9 Å². The first-order valence-corrected chi connectivity index (χ1v) is 6.90. The molecule has 0 saturated carbocycles. The van der Waals surface area contributed by atoms with Gasteiger partial charge >= 0.3 is 0 Å². The molecule has 96 valence electrons. The highest BCUT2D eigenvalue weighted by Gasteiger charge is 2.09. The van der Waals surface area contributed by atoms with Crippen molar-refractivity contribution >= 4 is 22.4 Å². The van der Waals surface area contributed by atoms with E-state index in [1.54, 1.807) is 12.4 Å². The highest BCUT2D eigenvalue weighted by Crippen LogP contribution is 2.04. The molecule has 3 heterocycles. The molecular weight excluding hydrogens is 260 g/mol. The highest BCUT2D eigenvalue weighted by molar-refractivity contribution is 7.15. The predicted octanol–water partition coefficient (Wildman–Crippen LogP) is 1.05. The van der Waals surface area contributed by atoms with Gasteiger partial charge in [0.05, 0.1) is 4.53 Å². The standard InChI is InChI=1S/C13H12N4OS/c1-2-4-11-15-13-17(16-11)12(18)10(19-13)7-9-5-3-6-14-8-9/h3,5-8H,2,4H2,1H3/b10-7-. The Hall–Kier alpha value is -2.08. The molecule has 3 rings (SSSR count). The number of rotatable bonds is 3. The summed E-state index contributed by atoms with van der Waals surface area (Å²) in [5, 5.41) is 4.23. The summed E-state index contributed by atoms with van der Waals surface area (Å²) >= 11 is 1.36. The zero-order chi connectivity index (χ0) is 13.2. The van der Waals surface area contributed by atoms with Crippen LogP contribution in [0.5, 0.6) is 0 Å². The van der Waals surface area contributed by atoms with Gasteiger partial charge in [0, 0.05) is 18.8 Å². The first-order chi connectivity index (χ1) is 9.28. The summed E-state index contributed by atoms with van der Waals surface area (Å²) < 4.78 is 2.02. The third-order valence-electron chi connectivity index (χ3n) is 2.68. The molecule has 0 amide bonds. The van der Waals surface area contributed by atoms with Gasteiger partial charge in [0.2, 0.25) is 4.96 Å². The minimum atomic E-state index is -0.112. The maximum atomic E-state index is 12.2. The second kappa shape index (κ2) is 4.89. The van der Waals surface area contributed by atoms with E-state index in [0.29, 0.717) is 9.49 Å². The van der Waals surface area contributed by atoms with Crippen LogP contribution in [0.3, 0.4) is 0 Å². The minimum Gasteiger partial charge on any atom is -0.266 e. The van der Waals surface area contributed by atoms with Crippen molar-refractivity contribution in [3.8, 4) is 0 Å². The molecule has 0 unspecified atom stereocenters. The van der Waals surface area contributed by atoms with E-state index in [-0.39, 0.29) is 5.56 Å². The largest absolute Gasteiger partial charge is 0.291 e. The predicted molar refractivity (Wildman–Crippen MR) is 74.2 cm³/mol. The lowest BCUT2D eigenvalue weighted by molar-refractivity contribution is 0.810. The van der Waals surface area contributed by atoms with Gasteiger partial charge in [-0.2, -0.15) is 4.52 Å². The fraction of sp³-hybridized carbons (Fsp3) is 0.231. The molecule has 3 aromatic heterocycles. The van der Waals surface area contributed by atoms with E-state index >= 15 is 0 Å². The van der Waals surface area contributed by atoms with Crippen molar-refractivity contribution in [2.24, 2.45) is 0 Å². The zero-order valence-corrected chi connectivity index (χ0v) is 11.2. The molecule has 0 atom stereocenters. The summed E-state index contributed by atoms with van der Waals surface area (Å²) in [6, 6.07) is 3.75. The minimum absolute atomic E-state index is 0.112. The molecule has 0 aliphatic carbocycles. The number of nitrogens with zero attached hydrogens (tertiary/aromatic N) is 4. The second-order valence-electron chi connectivity index (χ2n) is 4.17. The monoisotopic (exact) mass is 272 g/mol. The molecule has 6 heteroatoms. The van der Waals surface area contributed by atoms with Gasteiger partial charge in [0.15, 0.2) is 5.82 Å². The fourth-order valence-electron chi connectivity index (χ4n) is 1.82. The van der Waals surface area contributed by atoms with Crippen LogP contribution in [0.1, 0.15) is 24.7 Å². The third kappa shape index (κ3) is 2.26. The Balaban J connectivity index is 2.11. The van der Waals surface area contributed by atoms with E-state index in [0.717, 1.165) is 24.2 Å². The molecule has 0 radical (unpaired) electrons. The summed E-state index contributed by atoms with van der Waals surface area (Å²) in [6.07, 6.45) is 7.01. The molecule has 0 aliphatic heterocycles. The van der Waals surface area contributed by atoms with Crippen LogP contribution in [-0.2, 0) is 6.42 Å². The Morgan fingerprint density at radius 2 is 2.37 bits per heavy atom. The van der Waals surface area contributed by atoms with Gasteiger partial charge in [-0.3, -0.25) is 9.78 Å². The summed E-state index contributed by atoms with van der Waals surface area (Å²) in [6.45, 7) is 2.06. The summed E-state index contributed by atoms with van der Waals surface area (Å²) in [4.78, 5) is 21.2. The van der Waals surface area contributed by atoms with Crippen LogP contribution < -0.4 is 10.1 Å². The normalized spacial score (nSPS) is 12.4. The molecule has 19 heavy (non-hydrogen) atoms. The van der Waals surface area contributed by atoms with Gasteiger partial charge in [0.1, 0.15) is 0 Å². The molecule has 0 aliphatic rings. The van der Waals surface area contributed by atoms with Crippen molar-refractivity contribution in [2.75, 3.05) is 0 Å². The smallest absolute Gasteiger partial charge is 0.266 e. The van der Waals surface area contributed by atoms with Gasteiger partial charge in [-0.15, -0.1) is 5.10 Å². The Morgan fingerprint density at radius 1 is 1.47 bits per heavy atom. The quantitative estimate of drug-likeness (QED) is 0.715. The number of hydrogen-bond acceptors (Lipinski definition) is 5. The molecule has 0 saturated heterocycles. The van der Waals surface area contributed by atoms with E-state index in [9.17, 15) is 4.79 Å².